The van der Waals surface area contributed by atoms with Crippen molar-refractivity contribution >= 4 is 23.2 Å². The molecule has 3 rings (SSSR count). The SMILES string of the molecule is CCCN1CCCc2cc(CCNC(=O)C(=O)Nc3ccc(C(F)(F)F)cc3)ccc21. The molecule has 0 fully saturated rings. The summed E-state index contributed by atoms with van der Waals surface area (Å²) < 4.78 is 37.7. The van der Waals surface area contributed by atoms with Crippen LogP contribution in [0.4, 0.5) is 24.5 Å². The molecule has 31 heavy (non-hydrogen) atoms. The van der Waals surface area contributed by atoms with E-state index in [9.17, 15) is 22.8 Å². The lowest BCUT2D eigenvalue weighted by molar-refractivity contribution is -0.137. The number of fused-ring (bicyclic) bond motifs is 1. The highest BCUT2D eigenvalue weighted by Crippen LogP contribution is 2.30. The number of rotatable bonds is 6. The van der Waals surface area contributed by atoms with E-state index >= 15 is 0 Å². The van der Waals surface area contributed by atoms with Crippen molar-refractivity contribution in [1.29, 1.82) is 0 Å². The number of amides is 2. The van der Waals surface area contributed by atoms with Crippen LogP contribution in [0.25, 0.3) is 0 Å². The van der Waals surface area contributed by atoms with Crippen molar-refractivity contribution < 1.29 is 22.8 Å². The molecular formula is C23H26F3N3O2. The third-order valence-corrected chi connectivity index (χ3v) is 5.23. The summed E-state index contributed by atoms with van der Waals surface area (Å²) in [6.45, 7) is 4.57. The smallest absolute Gasteiger partial charge is 0.371 e. The standard InChI is InChI=1S/C23H26F3N3O2/c1-2-13-29-14-3-4-17-15-16(5-10-20(17)29)11-12-27-21(30)22(31)28-19-8-6-18(7-9-19)23(24,25)26/h5-10,15H,2-4,11-14H2,1H3,(H,27,30)(H,28,31). The molecule has 2 aromatic rings. The highest BCUT2D eigenvalue weighted by atomic mass is 19.4. The number of halogens is 3. The molecule has 0 spiro atoms. The molecule has 1 heterocycles. The molecule has 1 aliphatic heterocycles. The molecule has 0 saturated heterocycles. The van der Waals surface area contributed by atoms with Gasteiger partial charge in [0.15, 0.2) is 0 Å². The topological polar surface area (TPSA) is 61.4 Å². The summed E-state index contributed by atoms with van der Waals surface area (Å²) >= 11 is 0. The number of alkyl halides is 3. The van der Waals surface area contributed by atoms with Crippen LogP contribution in [0.5, 0.6) is 0 Å². The van der Waals surface area contributed by atoms with E-state index in [-0.39, 0.29) is 12.2 Å². The molecule has 0 unspecified atom stereocenters. The third-order valence-electron chi connectivity index (χ3n) is 5.23. The molecule has 2 amide bonds. The molecular weight excluding hydrogens is 407 g/mol. The summed E-state index contributed by atoms with van der Waals surface area (Å²) in [4.78, 5) is 26.4. The normalized spacial score (nSPS) is 13.5. The van der Waals surface area contributed by atoms with Crippen LogP contribution in [0.3, 0.4) is 0 Å². The molecule has 166 valence electrons. The van der Waals surface area contributed by atoms with Crippen molar-refractivity contribution in [3.8, 4) is 0 Å². The number of nitrogens with one attached hydrogen (secondary N) is 2. The fourth-order valence-corrected chi connectivity index (χ4v) is 3.72. The van der Waals surface area contributed by atoms with Gasteiger partial charge in [-0.2, -0.15) is 13.2 Å². The predicted molar refractivity (Wildman–Crippen MR) is 114 cm³/mol. The van der Waals surface area contributed by atoms with Gasteiger partial charge < -0.3 is 15.5 Å². The number of benzene rings is 2. The number of nitrogens with zero attached hydrogens (tertiary/aromatic N) is 1. The Labute approximate surface area is 179 Å². The van der Waals surface area contributed by atoms with Crippen LogP contribution in [-0.4, -0.2) is 31.4 Å². The fraction of sp³-hybridized carbons (Fsp3) is 0.391. The van der Waals surface area contributed by atoms with Gasteiger partial charge in [-0.3, -0.25) is 9.59 Å². The Morgan fingerprint density at radius 2 is 1.81 bits per heavy atom. The van der Waals surface area contributed by atoms with Crippen molar-refractivity contribution in [2.75, 3.05) is 29.9 Å². The van der Waals surface area contributed by atoms with E-state index in [1.807, 2.05) is 6.07 Å². The maximum atomic E-state index is 12.6. The first-order valence-electron chi connectivity index (χ1n) is 10.4. The number of hydrogen-bond donors (Lipinski definition) is 2. The van der Waals surface area contributed by atoms with Crippen LogP contribution in [-0.2, 0) is 28.6 Å². The van der Waals surface area contributed by atoms with Gasteiger partial charge >= 0.3 is 18.0 Å². The van der Waals surface area contributed by atoms with Crippen LogP contribution >= 0.6 is 0 Å². The molecule has 0 saturated carbocycles. The largest absolute Gasteiger partial charge is 0.416 e. The van der Waals surface area contributed by atoms with E-state index in [4.69, 9.17) is 0 Å². The number of carbonyl (C=O) groups excluding carboxylic acids is 2. The van der Waals surface area contributed by atoms with Crippen LogP contribution < -0.4 is 15.5 Å². The van der Waals surface area contributed by atoms with Gasteiger partial charge in [0.25, 0.3) is 0 Å². The average Bonchev–Trinajstić information content (AvgIpc) is 2.73. The maximum Gasteiger partial charge on any atom is 0.416 e. The van der Waals surface area contributed by atoms with Gasteiger partial charge in [0, 0.05) is 31.0 Å². The summed E-state index contributed by atoms with van der Waals surface area (Å²) in [5, 5.41) is 4.86. The first-order chi connectivity index (χ1) is 14.8. The molecule has 0 aliphatic carbocycles. The fourth-order valence-electron chi connectivity index (χ4n) is 3.72. The van der Waals surface area contributed by atoms with Crippen molar-refractivity contribution in [3.63, 3.8) is 0 Å². The van der Waals surface area contributed by atoms with Gasteiger partial charge in [-0.25, -0.2) is 0 Å². The molecule has 0 bridgehead atoms. The summed E-state index contributed by atoms with van der Waals surface area (Å²) in [6.07, 6.45) is -0.615. The Kier molecular flexibility index (Phi) is 7.20. The van der Waals surface area contributed by atoms with E-state index < -0.39 is 23.6 Å². The van der Waals surface area contributed by atoms with Crippen molar-refractivity contribution in [1.82, 2.24) is 5.32 Å². The zero-order valence-corrected chi connectivity index (χ0v) is 17.4. The summed E-state index contributed by atoms with van der Waals surface area (Å²) in [7, 11) is 0. The maximum absolute atomic E-state index is 12.6. The zero-order valence-electron chi connectivity index (χ0n) is 17.4. The van der Waals surface area contributed by atoms with E-state index in [0.29, 0.717) is 6.42 Å². The van der Waals surface area contributed by atoms with Gasteiger partial charge in [0.2, 0.25) is 0 Å². The van der Waals surface area contributed by atoms with Gasteiger partial charge in [0.05, 0.1) is 5.56 Å². The Hall–Kier alpha value is -3.03. The molecule has 0 aromatic heterocycles. The number of carbonyl (C=O) groups is 2. The van der Waals surface area contributed by atoms with Gasteiger partial charge in [-0.15, -0.1) is 0 Å². The van der Waals surface area contributed by atoms with Gasteiger partial charge in [0.1, 0.15) is 0 Å². The van der Waals surface area contributed by atoms with Crippen molar-refractivity contribution in [2.45, 2.75) is 38.8 Å². The lowest BCUT2D eigenvalue weighted by atomic mass is 9.98. The molecule has 2 N–H and O–H groups in total. The minimum Gasteiger partial charge on any atom is -0.371 e. The minimum atomic E-state index is -4.45. The molecule has 5 nitrogen and oxygen atoms in total. The number of hydrogen-bond acceptors (Lipinski definition) is 3. The Morgan fingerprint density at radius 1 is 1.06 bits per heavy atom. The van der Waals surface area contributed by atoms with E-state index in [0.717, 1.165) is 62.2 Å². The lowest BCUT2D eigenvalue weighted by Gasteiger charge is -2.31. The number of anilines is 2. The van der Waals surface area contributed by atoms with Crippen LogP contribution in [0.2, 0.25) is 0 Å². The second-order valence-corrected chi connectivity index (χ2v) is 7.59. The third kappa shape index (κ3) is 5.99. The zero-order chi connectivity index (χ0) is 22.4. The average molecular weight is 433 g/mol. The second kappa shape index (κ2) is 9.85. The quantitative estimate of drug-likeness (QED) is 0.673. The second-order valence-electron chi connectivity index (χ2n) is 7.59. The summed E-state index contributed by atoms with van der Waals surface area (Å²) in [5.74, 6) is -1.74. The minimum absolute atomic E-state index is 0.125. The molecule has 1 aliphatic rings. The Balaban J connectivity index is 1.49. The first-order valence-corrected chi connectivity index (χ1v) is 10.4. The highest BCUT2D eigenvalue weighted by Gasteiger charge is 2.30. The van der Waals surface area contributed by atoms with Crippen LogP contribution in [0, 0.1) is 0 Å². The van der Waals surface area contributed by atoms with E-state index in [1.165, 1.54) is 11.3 Å². The molecule has 2 aromatic carbocycles. The Morgan fingerprint density at radius 3 is 2.48 bits per heavy atom. The van der Waals surface area contributed by atoms with Gasteiger partial charge in [-0.1, -0.05) is 19.1 Å². The molecule has 0 radical (unpaired) electrons. The Bertz CT molecular complexity index is 927. The van der Waals surface area contributed by atoms with Gasteiger partial charge in [-0.05, 0) is 67.1 Å². The summed E-state index contributed by atoms with van der Waals surface area (Å²) in [6, 6.07) is 10.3. The van der Waals surface area contributed by atoms with Crippen LogP contribution in [0.1, 0.15) is 36.5 Å². The van der Waals surface area contributed by atoms with Crippen molar-refractivity contribution in [2.24, 2.45) is 0 Å². The predicted octanol–water partition coefficient (Wildman–Crippen LogP) is 4.17. The van der Waals surface area contributed by atoms with E-state index in [2.05, 4.69) is 34.6 Å². The monoisotopic (exact) mass is 433 g/mol. The molecule has 0 atom stereocenters. The number of aryl methyl sites for hydroxylation is 1. The first kappa shape index (κ1) is 22.7. The van der Waals surface area contributed by atoms with E-state index in [1.54, 1.807) is 0 Å². The van der Waals surface area contributed by atoms with Crippen LogP contribution in [0.15, 0.2) is 42.5 Å². The lowest BCUT2D eigenvalue weighted by Crippen LogP contribution is -2.36. The summed E-state index contributed by atoms with van der Waals surface area (Å²) in [5.41, 5.74) is 2.97. The highest BCUT2D eigenvalue weighted by molar-refractivity contribution is 6.39. The van der Waals surface area contributed by atoms with Crippen molar-refractivity contribution in [3.05, 3.63) is 59.2 Å². The molecule has 8 heteroatoms.